The minimum absolute atomic E-state index is 0. The van der Waals surface area contributed by atoms with Gasteiger partial charge in [-0.1, -0.05) is 25.1 Å². The molecule has 1 saturated carbocycles. The van der Waals surface area contributed by atoms with E-state index in [9.17, 15) is 8.42 Å². The molecule has 5 nitrogen and oxygen atoms in total. The van der Waals surface area contributed by atoms with Crippen LogP contribution < -0.4 is 11.1 Å². The first-order valence-corrected chi connectivity index (χ1v) is 8.54. The molecule has 1 fully saturated rings. The third-order valence-corrected chi connectivity index (χ3v) is 5.07. The van der Waals surface area contributed by atoms with Gasteiger partial charge in [-0.3, -0.25) is 4.99 Å². The Labute approximate surface area is 143 Å². The van der Waals surface area contributed by atoms with Crippen LogP contribution in [0.15, 0.2) is 40.2 Å². The lowest BCUT2D eigenvalue weighted by atomic mass is 10.3. The summed E-state index contributed by atoms with van der Waals surface area (Å²) in [5.74, 6) is 0.372. The Kier molecular flexibility index (Phi) is 6.92. The number of aliphatic imine (C=N–C) groups is 1. The third kappa shape index (κ3) is 5.82. The van der Waals surface area contributed by atoms with E-state index < -0.39 is 9.84 Å². The quantitative estimate of drug-likeness (QED) is 0.416. The fourth-order valence-corrected chi connectivity index (χ4v) is 3.51. The van der Waals surface area contributed by atoms with E-state index in [1.165, 1.54) is 0 Å². The van der Waals surface area contributed by atoms with Crippen molar-refractivity contribution in [1.82, 2.24) is 5.32 Å². The summed E-state index contributed by atoms with van der Waals surface area (Å²) in [6.07, 6.45) is 2.82. The molecule has 1 aromatic rings. The largest absolute Gasteiger partial charge is 0.370 e. The van der Waals surface area contributed by atoms with Gasteiger partial charge in [0, 0.05) is 6.04 Å². The Morgan fingerprint density at radius 1 is 1.38 bits per heavy atom. The zero-order valence-corrected chi connectivity index (χ0v) is 15.2. The van der Waals surface area contributed by atoms with E-state index in [1.54, 1.807) is 30.3 Å². The topological polar surface area (TPSA) is 84.5 Å². The van der Waals surface area contributed by atoms with Crippen LogP contribution in [0, 0.1) is 0 Å². The zero-order valence-electron chi connectivity index (χ0n) is 12.0. The van der Waals surface area contributed by atoms with Crippen LogP contribution in [0.25, 0.3) is 0 Å². The van der Waals surface area contributed by atoms with Gasteiger partial charge in [0.2, 0.25) is 0 Å². The number of sulfone groups is 1. The lowest BCUT2D eigenvalue weighted by molar-refractivity contribution is 0.571. The van der Waals surface area contributed by atoms with Crippen LogP contribution in [-0.4, -0.2) is 32.2 Å². The molecule has 1 aromatic carbocycles. The number of nitrogens with two attached hydrogens (primary N) is 1. The average Bonchev–Trinajstić information content (AvgIpc) is 3.22. The van der Waals surface area contributed by atoms with Gasteiger partial charge in [0.15, 0.2) is 15.8 Å². The van der Waals surface area contributed by atoms with Gasteiger partial charge in [0.05, 0.1) is 16.7 Å². The highest BCUT2D eigenvalue weighted by atomic mass is 127. The predicted octanol–water partition coefficient (Wildman–Crippen LogP) is 1.92. The second kappa shape index (κ2) is 7.98. The first-order valence-electron chi connectivity index (χ1n) is 6.89. The summed E-state index contributed by atoms with van der Waals surface area (Å²) < 4.78 is 24.6. The number of rotatable bonds is 6. The molecule has 0 spiro atoms. The summed E-state index contributed by atoms with van der Waals surface area (Å²) in [5.41, 5.74) is 5.79. The van der Waals surface area contributed by atoms with E-state index in [-0.39, 0.29) is 35.8 Å². The zero-order chi connectivity index (χ0) is 14.6. The highest BCUT2D eigenvalue weighted by Crippen LogP contribution is 2.23. The molecular weight excluding hydrogens is 401 g/mol. The standard InChI is InChI=1S/C14H21N3O2S.HI/c1-2-11(16-14(15)17-12-8-9-12)10-20(18,19)13-6-4-3-5-7-13;/h3-7,11-12H,2,8-10H2,1H3,(H3,15,16,17);1H. The molecule has 0 amide bonds. The molecule has 0 heterocycles. The Morgan fingerprint density at radius 3 is 2.52 bits per heavy atom. The summed E-state index contributed by atoms with van der Waals surface area (Å²) in [4.78, 5) is 4.61. The molecule has 21 heavy (non-hydrogen) atoms. The summed E-state index contributed by atoms with van der Waals surface area (Å²) in [6, 6.07) is 8.59. The van der Waals surface area contributed by atoms with Crippen molar-refractivity contribution in [2.75, 3.05) is 5.75 Å². The summed E-state index contributed by atoms with van der Waals surface area (Å²) in [5, 5.41) is 3.01. The van der Waals surface area contributed by atoms with Crippen molar-refractivity contribution in [1.29, 1.82) is 0 Å². The van der Waals surface area contributed by atoms with Gasteiger partial charge in [-0.2, -0.15) is 0 Å². The molecule has 0 saturated heterocycles. The van der Waals surface area contributed by atoms with Gasteiger partial charge in [-0.05, 0) is 31.4 Å². The molecule has 118 valence electrons. The fraction of sp³-hybridized carbons (Fsp3) is 0.500. The Morgan fingerprint density at radius 2 is 2.00 bits per heavy atom. The van der Waals surface area contributed by atoms with Gasteiger partial charge in [0.25, 0.3) is 0 Å². The second-order valence-corrected chi connectivity index (χ2v) is 7.12. The van der Waals surface area contributed by atoms with Gasteiger partial charge >= 0.3 is 0 Å². The minimum atomic E-state index is -3.30. The smallest absolute Gasteiger partial charge is 0.189 e. The minimum Gasteiger partial charge on any atom is -0.370 e. The van der Waals surface area contributed by atoms with E-state index in [0.29, 0.717) is 23.3 Å². The summed E-state index contributed by atoms with van der Waals surface area (Å²) in [6.45, 7) is 1.93. The van der Waals surface area contributed by atoms with Crippen molar-refractivity contribution in [3.8, 4) is 0 Å². The Bertz CT molecular complexity index is 571. The first kappa shape index (κ1) is 18.2. The van der Waals surface area contributed by atoms with Crippen molar-refractivity contribution in [2.24, 2.45) is 10.7 Å². The Balaban J connectivity index is 0.00000220. The monoisotopic (exact) mass is 423 g/mol. The van der Waals surface area contributed by atoms with E-state index >= 15 is 0 Å². The van der Waals surface area contributed by atoms with E-state index in [2.05, 4.69) is 10.3 Å². The lowest BCUT2D eigenvalue weighted by Gasteiger charge is -2.17. The summed E-state index contributed by atoms with van der Waals surface area (Å²) >= 11 is 0. The number of guanidine groups is 1. The fourth-order valence-electron chi connectivity index (χ4n) is 1.90. The Hall–Kier alpha value is -0.830. The molecule has 1 aliphatic rings. The molecule has 0 bridgehead atoms. The van der Waals surface area contributed by atoms with E-state index in [0.717, 1.165) is 12.8 Å². The normalized spacial score (nSPS) is 16.9. The van der Waals surface area contributed by atoms with Crippen LogP contribution in [0.4, 0.5) is 0 Å². The third-order valence-electron chi connectivity index (χ3n) is 3.24. The van der Waals surface area contributed by atoms with Crippen molar-refractivity contribution >= 4 is 39.8 Å². The molecular formula is C14H22IN3O2S. The van der Waals surface area contributed by atoms with Crippen LogP contribution in [0.3, 0.4) is 0 Å². The number of halogens is 1. The van der Waals surface area contributed by atoms with Crippen LogP contribution in [0.5, 0.6) is 0 Å². The molecule has 1 unspecified atom stereocenters. The molecule has 0 aliphatic heterocycles. The second-order valence-electron chi connectivity index (χ2n) is 5.09. The number of nitrogens with one attached hydrogen (secondary N) is 1. The first-order chi connectivity index (χ1) is 9.51. The van der Waals surface area contributed by atoms with Gasteiger partial charge < -0.3 is 11.1 Å². The van der Waals surface area contributed by atoms with E-state index in [1.807, 2.05) is 6.92 Å². The maximum Gasteiger partial charge on any atom is 0.189 e. The highest BCUT2D eigenvalue weighted by Gasteiger charge is 2.23. The summed E-state index contributed by atoms with van der Waals surface area (Å²) in [7, 11) is -3.30. The van der Waals surface area contributed by atoms with Crippen LogP contribution in [0.1, 0.15) is 26.2 Å². The van der Waals surface area contributed by atoms with Crippen molar-refractivity contribution in [3.05, 3.63) is 30.3 Å². The molecule has 0 aromatic heterocycles. The lowest BCUT2D eigenvalue weighted by Crippen LogP contribution is -2.43. The molecule has 1 aliphatic carbocycles. The maximum absolute atomic E-state index is 12.3. The van der Waals surface area contributed by atoms with Gasteiger partial charge in [-0.15, -0.1) is 24.0 Å². The van der Waals surface area contributed by atoms with Crippen LogP contribution in [0.2, 0.25) is 0 Å². The van der Waals surface area contributed by atoms with Crippen LogP contribution in [-0.2, 0) is 9.84 Å². The highest BCUT2D eigenvalue weighted by molar-refractivity contribution is 14.0. The number of hydrogen-bond acceptors (Lipinski definition) is 3. The molecule has 3 N–H and O–H groups in total. The number of nitrogens with zero attached hydrogens (tertiary/aromatic N) is 1. The van der Waals surface area contributed by atoms with Crippen molar-refractivity contribution in [3.63, 3.8) is 0 Å². The number of hydrogen-bond donors (Lipinski definition) is 2. The van der Waals surface area contributed by atoms with Crippen molar-refractivity contribution < 1.29 is 8.42 Å². The SMILES string of the molecule is CCC(CS(=O)(=O)c1ccccc1)NC(N)=NC1CC1.I. The average molecular weight is 423 g/mol. The molecule has 7 heteroatoms. The van der Waals surface area contributed by atoms with Gasteiger partial charge in [-0.25, -0.2) is 8.42 Å². The maximum atomic E-state index is 12.3. The van der Waals surface area contributed by atoms with E-state index in [4.69, 9.17) is 5.73 Å². The van der Waals surface area contributed by atoms with Crippen LogP contribution >= 0.6 is 24.0 Å². The molecule has 0 radical (unpaired) electrons. The van der Waals surface area contributed by atoms with Gasteiger partial charge in [0.1, 0.15) is 0 Å². The number of benzene rings is 1. The van der Waals surface area contributed by atoms with Crippen molar-refractivity contribution in [2.45, 2.75) is 43.2 Å². The molecule has 2 rings (SSSR count). The molecule has 1 atom stereocenters. The predicted molar refractivity (Wildman–Crippen MR) is 95.8 cm³/mol.